The zero-order valence-corrected chi connectivity index (χ0v) is 15.7. The van der Waals surface area contributed by atoms with Crippen LogP contribution in [0.5, 0.6) is 0 Å². The van der Waals surface area contributed by atoms with Crippen molar-refractivity contribution in [3.63, 3.8) is 0 Å². The number of nitrogens with one attached hydrogen (secondary N) is 1. The molecule has 0 bridgehead atoms. The van der Waals surface area contributed by atoms with E-state index in [0.717, 1.165) is 24.0 Å². The van der Waals surface area contributed by atoms with Gasteiger partial charge in [-0.05, 0) is 68.5 Å². The molecule has 1 aliphatic rings. The first-order chi connectivity index (χ1) is 11.6. The zero-order chi connectivity index (χ0) is 16.9. The fourth-order valence-electron chi connectivity index (χ4n) is 3.87. The van der Waals surface area contributed by atoms with Crippen LogP contribution in [0.2, 0.25) is 5.02 Å². The molecule has 3 heteroatoms. The van der Waals surface area contributed by atoms with E-state index in [9.17, 15) is 0 Å². The molecule has 1 saturated carbocycles. The van der Waals surface area contributed by atoms with E-state index < -0.39 is 0 Å². The number of nitrogens with zero attached hydrogens (tertiary/aromatic N) is 1. The molecule has 2 aromatic rings. The Morgan fingerprint density at radius 2 is 1.79 bits per heavy atom. The van der Waals surface area contributed by atoms with Crippen LogP contribution in [0.25, 0.3) is 0 Å². The van der Waals surface area contributed by atoms with Crippen molar-refractivity contribution in [2.24, 2.45) is 5.92 Å². The lowest BCUT2D eigenvalue weighted by molar-refractivity contribution is 0.342. The predicted molar refractivity (Wildman–Crippen MR) is 103 cm³/mol. The largest absolute Gasteiger partial charge is 0.344 e. The van der Waals surface area contributed by atoms with Gasteiger partial charge >= 0.3 is 0 Å². The van der Waals surface area contributed by atoms with E-state index >= 15 is 0 Å². The van der Waals surface area contributed by atoms with E-state index in [-0.39, 0.29) is 0 Å². The lowest BCUT2D eigenvalue weighted by Gasteiger charge is -2.21. The van der Waals surface area contributed by atoms with Crippen molar-refractivity contribution in [1.82, 2.24) is 9.88 Å². The van der Waals surface area contributed by atoms with Crippen molar-refractivity contribution in [3.8, 4) is 0 Å². The molecule has 2 nitrogen and oxygen atoms in total. The average Bonchev–Trinajstić information content (AvgIpc) is 2.85. The fourth-order valence-corrected chi connectivity index (χ4v) is 4.00. The van der Waals surface area contributed by atoms with E-state index in [2.05, 4.69) is 41.9 Å². The third-order valence-corrected chi connectivity index (χ3v) is 5.66. The molecule has 0 amide bonds. The van der Waals surface area contributed by atoms with Gasteiger partial charge in [0.05, 0.1) is 0 Å². The van der Waals surface area contributed by atoms with Crippen LogP contribution in [0.15, 0.2) is 30.3 Å². The number of aryl methyl sites for hydroxylation is 1. The third-order valence-electron chi connectivity index (χ3n) is 5.41. The smallest absolute Gasteiger partial charge is 0.0475 e. The minimum Gasteiger partial charge on any atom is -0.344 e. The first-order valence-corrected chi connectivity index (χ1v) is 9.62. The second-order valence-electron chi connectivity index (χ2n) is 7.24. The Morgan fingerprint density at radius 3 is 2.50 bits per heavy atom. The second-order valence-corrected chi connectivity index (χ2v) is 7.68. The highest BCUT2D eigenvalue weighted by atomic mass is 35.5. The summed E-state index contributed by atoms with van der Waals surface area (Å²) in [6.45, 7) is 7.50. The molecule has 0 spiro atoms. The van der Waals surface area contributed by atoms with Crippen LogP contribution in [-0.2, 0) is 13.1 Å². The van der Waals surface area contributed by atoms with Crippen molar-refractivity contribution in [3.05, 3.63) is 57.9 Å². The summed E-state index contributed by atoms with van der Waals surface area (Å²) >= 11 is 5.99. The summed E-state index contributed by atoms with van der Waals surface area (Å²) in [5.41, 5.74) is 5.43. The SMILES string of the molecule is Cc1cc(CNCC2CCCCC2)c(C)n1Cc1ccc(Cl)cc1. The van der Waals surface area contributed by atoms with E-state index in [1.807, 2.05) is 12.1 Å². The quantitative estimate of drug-likeness (QED) is 0.734. The Balaban J connectivity index is 1.59. The summed E-state index contributed by atoms with van der Waals surface area (Å²) in [6, 6.07) is 10.5. The molecular weight excluding hydrogens is 316 g/mol. The molecule has 24 heavy (non-hydrogen) atoms. The number of hydrogen-bond acceptors (Lipinski definition) is 1. The highest BCUT2D eigenvalue weighted by Crippen LogP contribution is 2.23. The summed E-state index contributed by atoms with van der Waals surface area (Å²) in [5, 5.41) is 4.49. The van der Waals surface area contributed by atoms with Crippen molar-refractivity contribution < 1.29 is 0 Å². The monoisotopic (exact) mass is 344 g/mol. The van der Waals surface area contributed by atoms with Gasteiger partial charge in [0.15, 0.2) is 0 Å². The summed E-state index contributed by atoms with van der Waals surface area (Å²) in [5.74, 6) is 0.885. The van der Waals surface area contributed by atoms with Crippen molar-refractivity contribution in [1.29, 1.82) is 0 Å². The zero-order valence-electron chi connectivity index (χ0n) is 14.9. The van der Waals surface area contributed by atoms with Gasteiger partial charge < -0.3 is 9.88 Å². The normalized spacial score (nSPS) is 15.8. The van der Waals surface area contributed by atoms with Gasteiger partial charge in [0, 0.05) is 29.5 Å². The van der Waals surface area contributed by atoms with Crippen molar-refractivity contribution in [2.45, 2.75) is 59.0 Å². The second kappa shape index (κ2) is 8.22. The highest BCUT2D eigenvalue weighted by Gasteiger charge is 2.14. The fraction of sp³-hybridized carbons (Fsp3) is 0.524. The Labute approximate surface area is 151 Å². The van der Waals surface area contributed by atoms with Crippen molar-refractivity contribution >= 4 is 11.6 Å². The summed E-state index contributed by atoms with van der Waals surface area (Å²) in [7, 11) is 0. The molecule has 0 unspecified atom stereocenters. The van der Waals surface area contributed by atoms with Gasteiger partial charge in [0.25, 0.3) is 0 Å². The minimum atomic E-state index is 0.798. The highest BCUT2D eigenvalue weighted by molar-refractivity contribution is 6.30. The first-order valence-electron chi connectivity index (χ1n) is 9.24. The number of hydrogen-bond donors (Lipinski definition) is 1. The molecule has 0 radical (unpaired) electrons. The molecule has 1 aromatic carbocycles. The van der Waals surface area contributed by atoms with Crippen LogP contribution < -0.4 is 5.32 Å². The molecule has 1 aromatic heterocycles. The molecule has 0 atom stereocenters. The van der Waals surface area contributed by atoms with Gasteiger partial charge in [-0.1, -0.05) is 43.0 Å². The van der Waals surface area contributed by atoms with E-state index in [0.29, 0.717) is 0 Å². The number of aromatic nitrogens is 1. The van der Waals surface area contributed by atoms with Crippen LogP contribution in [0.3, 0.4) is 0 Å². The van der Waals surface area contributed by atoms with Crippen molar-refractivity contribution in [2.75, 3.05) is 6.54 Å². The molecule has 1 fully saturated rings. The summed E-state index contributed by atoms with van der Waals surface area (Å²) < 4.78 is 2.40. The maximum Gasteiger partial charge on any atom is 0.0475 e. The summed E-state index contributed by atoms with van der Waals surface area (Å²) in [6.07, 6.45) is 7.08. The molecule has 3 rings (SSSR count). The van der Waals surface area contributed by atoms with Crippen LogP contribution >= 0.6 is 11.6 Å². The maximum absolute atomic E-state index is 5.99. The first kappa shape index (κ1) is 17.6. The summed E-state index contributed by atoms with van der Waals surface area (Å²) in [4.78, 5) is 0. The van der Waals surface area contributed by atoms with Gasteiger partial charge in [-0.3, -0.25) is 0 Å². The molecular formula is C21H29ClN2. The van der Waals surface area contributed by atoms with E-state index in [4.69, 9.17) is 11.6 Å². The Hall–Kier alpha value is -1.25. The lowest BCUT2D eigenvalue weighted by Crippen LogP contribution is -2.24. The maximum atomic E-state index is 5.99. The Bertz CT molecular complexity index is 651. The van der Waals surface area contributed by atoms with E-state index in [1.54, 1.807) is 0 Å². The molecule has 1 heterocycles. The van der Waals surface area contributed by atoms with Gasteiger partial charge in [0.2, 0.25) is 0 Å². The van der Waals surface area contributed by atoms with Gasteiger partial charge in [-0.2, -0.15) is 0 Å². The molecule has 0 saturated heterocycles. The third kappa shape index (κ3) is 4.43. The van der Waals surface area contributed by atoms with Gasteiger partial charge in [0.1, 0.15) is 0 Å². The lowest BCUT2D eigenvalue weighted by atomic mass is 9.89. The topological polar surface area (TPSA) is 17.0 Å². The Kier molecular flexibility index (Phi) is 6.02. The number of halogens is 1. The molecule has 0 aliphatic heterocycles. The van der Waals surface area contributed by atoms with Crippen LogP contribution in [0, 0.1) is 19.8 Å². The van der Waals surface area contributed by atoms with Crippen LogP contribution in [0.4, 0.5) is 0 Å². The molecule has 1 aliphatic carbocycles. The minimum absolute atomic E-state index is 0.798. The molecule has 130 valence electrons. The Morgan fingerprint density at radius 1 is 1.08 bits per heavy atom. The number of benzene rings is 1. The van der Waals surface area contributed by atoms with Crippen LogP contribution in [0.1, 0.15) is 54.6 Å². The average molecular weight is 345 g/mol. The number of rotatable bonds is 6. The standard InChI is InChI=1S/C21H29ClN2/c1-16-12-20(14-23-13-18-6-4-3-5-7-18)17(2)24(16)15-19-8-10-21(22)11-9-19/h8-12,18,23H,3-7,13-15H2,1-2H3. The van der Waals surface area contributed by atoms with Crippen LogP contribution in [-0.4, -0.2) is 11.1 Å². The van der Waals surface area contributed by atoms with E-state index in [1.165, 1.54) is 61.2 Å². The predicted octanol–water partition coefficient (Wildman–Crippen LogP) is 5.48. The molecule has 1 N–H and O–H groups in total. The van der Waals surface area contributed by atoms with Gasteiger partial charge in [-0.25, -0.2) is 0 Å². The van der Waals surface area contributed by atoms with Gasteiger partial charge in [-0.15, -0.1) is 0 Å².